The highest BCUT2D eigenvalue weighted by atomic mass is 32.2. The maximum atomic E-state index is 13.1. The molecule has 0 spiro atoms. The lowest BCUT2D eigenvalue weighted by Crippen LogP contribution is -2.24. The molecule has 9 heteroatoms. The maximum absolute atomic E-state index is 13.1. The lowest BCUT2D eigenvalue weighted by molar-refractivity contribution is -0.118. The van der Waals surface area contributed by atoms with Crippen LogP contribution in [-0.4, -0.2) is 30.8 Å². The summed E-state index contributed by atoms with van der Waals surface area (Å²) in [6.45, 7) is 2.46. The van der Waals surface area contributed by atoms with E-state index in [2.05, 4.69) is 15.5 Å². The molecule has 2 heterocycles. The molecule has 4 rings (SSSR count). The molecule has 1 N–H and O–H groups in total. The molecule has 30 heavy (non-hydrogen) atoms. The molecule has 0 unspecified atom stereocenters. The van der Waals surface area contributed by atoms with Gasteiger partial charge in [0.1, 0.15) is 5.82 Å². The van der Waals surface area contributed by atoms with Gasteiger partial charge in [0.25, 0.3) is 0 Å². The first kappa shape index (κ1) is 19.8. The van der Waals surface area contributed by atoms with Gasteiger partial charge < -0.3 is 5.32 Å². The minimum Gasteiger partial charge on any atom is -0.351 e. The van der Waals surface area contributed by atoms with Gasteiger partial charge in [-0.15, -0.1) is 10.2 Å². The van der Waals surface area contributed by atoms with Crippen LogP contribution in [0.2, 0.25) is 0 Å². The standard InChI is InChI=1S/C21H18FN5O2S/c1-14-2-4-15(5-3-14)12-23-18(28)13-30-21-25-24-19-20(29)26(10-11-27(19)21)17-8-6-16(22)7-9-17/h2-11H,12-13H2,1H3,(H,23,28). The molecular formula is C21H18FN5O2S. The number of hydrogen-bond donors (Lipinski definition) is 1. The first-order valence-corrected chi connectivity index (χ1v) is 10.2. The largest absolute Gasteiger partial charge is 0.351 e. The van der Waals surface area contributed by atoms with Crippen molar-refractivity contribution in [3.8, 4) is 5.69 Å². The number of aryl methyl sites for hydroxylation is 1. The minimum atomic E-state index is -0.382. The smallest absolute Gasteiger partial charge is 0.300 e. The van der Waals surface area contributed by atoms with Crippen molar-refractivity contribution < 1.29 is 9.18 Å². The van der Waals surface area contributed by atoms with Gasteiger partial charge in [-0.05, 0) is 36.8 Å². The molecule has 152 valence electrons. The van der Waals surface area contributed by atoms with Crippen LogP contribution in [0.5, 0.6) is 0 Å². The van der Waals surface area contributed by atoms with Gasteiger partial charge in [-0.25, -0.2) is 4.39 Å². The molecule has 2 aromatic heterocycles. The summed E-state index contributed by atoms with van der Waals surface area (Å²) in [5.74, 6) is -0.375. The number of thioether (sulfide) groups is 1. The van der Waals surface area contributed by atoms with Gasteiger partial charge in [0.05, 0.1) is 5.75 Å². The van der Waals surface area contributed by atoms with Crippen molar-refractivity contribution in [2.24, 2.45) is 0 Å². The highest BCUT2D eigenvalue weighted by Crippen LogP contribution is 2.16. The van der Waals surface area contributed by atoms with Crippen LogP contribution < -0.4 is 10.9 Å². The van der Waals surface area contributed by atoms with E-state index in [0.717, 1.165) is 11.1 Å². The summed E-state index contributed by atoms with van der Waals surface area (Å²) in [4.78, 5) is 24.9. The number of aromatic nitrogens is 4. The number of halogens is 1. The summed E-state index contributed by atoms with van der Waals surface area (Å²) in [5, 5.41) is 11.3. The first-order valence-electron chi connectivity index (χ1n) is 9.18. The molecule has 0 aliphatic heterocycles. The Morgan fingerprint density at radius 3 is 2.53 bits per heavy atom. The van der Waals surface area contributed by atoms with E-state index in [-0.39, 0.29) is 28.7 Å². The molecule has 0 bridgehead atoms. The minimum absolute atomic E-state index is 0.129. The highest BCUT2D eigenvalue weighted by Gasteiger charge is 2.13. The Hall–Kier alpha value is -3.46. The Kier molecular flexibility index (Phi) is 5.62. The quantitative estimate of drug-likeness (QED) is 0.483. The average Bonchev–Trinajstić information content (AvgIpc) is 3.17. The second-order valence-electron chi connectivity index (χ2n) is 6.68. The van der Waals surface area contributed by atoms with Crippen molar-refractivity contribution in [1.82, 2.24) is 24.5 Å². The van der Waals surface area contributed by atoms with Crippen LogP contribution in [0.25, 0.3) is 11.3 Å². The summed E-state index contributed by atoms with van der Waals surface area (Å²) < 4.78 is 16.0. The summed E-state index contributed by atoms with van der Waals surface area (Å²) in [5.41, 5.74) is 2.46. The summed E-state index contributed by atoms with van der Waals surface area (Å²) >= 11 is 1.19. The third-order valence-corrected chi connectivity index (χ3v) is 5.43. The molecular weight excluding hydrogens is 405 g/mol. The number of hydrogen-bond acceptors (Lipinski definition) is 5. The summed E-state index contributed by atoms with van der Waals surface area (Å²) in [6.07, 6.45) is 3.21. The van der Waals surface area contributed by atoms with Gasteiger partial charge in [0.2, 0.25) is 11.6 Å². The average molecular weight is 423 g/mol. The maximum Gasteiger partial charge on any atom is 0.300 e. The molecule has 4 aromatic rings. The van der Waals surface area contributed by atoms with Gasteiger partial charge in [-0.3, -0.25) is 18.6 Å². The molecule has 0 aliphatic carbocycles. The zero-order valence-electron chi connectivity index (χ0n) is 16.1. The zero-order chi connectivity index (χ0) is 21.1. The van der Waals surface area contributed by atoms with Gasteiger partial charge >= 0.3 is 5.56 Å². The van der Waals surface area contributed by atoms with Crippen LogP contribution in [0.4, 0.5) is 4.39 Å². The predicted octanol–water partition coefficient (Wildman–Crippen LogP) is 2.74. The van der Waals surface area contributed by atoms with Crippen LogP contribution in [0, 0.1) is 12.7 Å². The number of rotatable bonds is 6. The second kappa shape index (κ2) is 8.50. The van der Waals surface area contributed by atoms with Crippen molar-refractivity contribution in [2.45, 2.75) is 18.6 Å². The molecule has 7 nitrogen and oxygen atoms in total. The number of benzene rings is 2. The summed E-state index contributed by atoms with van der Waals surface area (Å²) in [6, 6.07) is 13.5. The van der Waals surface area contributed by atoms with Crippen LogP contribution in [0.3, 0.4) is 0 Å². The van der Waals surface area contributed by atoms with Crippen LogP contribution in [0.15, 0.2) is 70.9 Å². The molecule has 0 aliphatic rings. The summed E-state index contributed by atoms with van der Waals surface area (Å²) in [7, 11) is 0. The van der Waals surface area contributed by atoms with Crippen LogP contribution in [0.1, 0.15) is 11.1 Å². The van der Waals surface area contributed by atoms with Crippen molar-refractivity contribution >= 4 is 23.3 Å². The Bertz CT molecular complexity index is 1250. The fourth-order valence-corrected chi connectivity index (χ4v) is 3.60. The van der Waals surface area contributed by atoms with Gasteiger partial charge in [-0.1, -0.05) is 41.6 Å². The van der Waals surface area contributed by atoms with Crippen molar-refractivity contribution in [3.63, 3.8) is 0 Å². The number of nitrogens with zero attached hydrogens (tertiary/aromatic N) is 4. The van der Waals surface area contributed by atoms with E-state index in [4.69, 9.17) is 0 Å². The topological polar surface area (TPSA) is 81.3 Å². The van der Waals surface area contributed by atoms with Crippen LogP contribution in [-0.2, 0) is 11.3 Å². The molecule has 0 atom stereocenters. The Morgan fingerprint density at radius 1 is 1.07 bits per heavy atom. The molecule has 2 aromatic carbocycles. The Balaban J connectivity index is 1.44. The van der Waals surface area contributed by atoms with Crippen molar-refractivity contribution in [2.75, 3.05) is 5.75 Å². The number of nitrogens with one attached hydrogen (secondary N) is 1. The second-order valence-corrected chi connectivity index (χ2v) is 7.62. The number of carbonyl (C=O) groups is 1. The van der Waals surface area contributed by atoms with E-state index in [0.29, 0.717) is 17.4 Å². The van der Waals surface area contributed by atoms with E-state index in [1.165, 1.54) is 40.6 Å². The molecule has 0 saturated heterocycles. The SMILES string of the molecule is Cc1ccc(CNC(=O)CSc2nnc3c(=O)n(-c4ccc(F)cc4)ccn23)cc1. The van der Waals surface area contributed by atoms with Gasteiger partial charge in [-0.2, -0.15) is 0 Å². The number of carbonyl (C=O) groups excluding carboxylic acids is 1. The van der Waals surface area contributed by atoms with E-state index in [1.54, 1.807) is 16.8 Å². The Morgan fingerprint density at radius 2 is 1.80 bits per heavy atom. The van der Waals surface area contributed by atoms with Gasteiger partial charge in [0, 0.05) is 24.6 Å². The van der Waals surface area contributed by atoms with E-state index >= 15 is 0 Å². The lowest BCUT2D eigenvalue weighted by atomic mass is 10.1. The zero-order valence-corrected chi connectivity index (χ0v) is 16.9. The molecule has 1 amide bonds. The normalized spacial score (nSPS) is 11.0. The van der Waals surface area contributed by atoms with E-state index < -0.39 is 0 Å². The van der Waals surface area contributed by atoms with Gasteiger partial charge in [0.15, 0.2) is 5.16 Å². The predicted molar refractivity (Wildman–Crippen MR) is 112 cm³/mol. The lowest BCUT2D eigenvalue weighted by Gasteiger charge is -2.07. The molecule has 0 radical (unpaired) electrons. The molecule has 0 fully saturated rings. The van der Waals surface area contributed by atoms with E-state index in [9.17, 15) is 14.0 Å². The Labute approximate surface area is 175 Å². The molecule has 0 saturated carbocycles. The fourth-order valence-electron chi connectivity index (χ4n) is 2.86. The monoisotopic (exact) mass is 423 g/mol. The van der Waals surface area contributed by atoms with Crippen molar-refractivity contribution in [3.05, 3.63) is 88.2 Å². The number of amides is 1. The van der Waals surface area contributed by atoms with Crippen LogP contribution >= 0.6 is 11.8 Å². The third-order valence-electron chi connectivity index (χ3n) is 4.49. The number of fused-ring (bicyclic) bond motifs is 1. The third kappa shape index (κ3) is 4.25. The first-order chi connectivity index (χ1) is 14.5. The van der Waals surface area contributed by atoms with E-state index in [1.807, 2.05) is 31.2 Å². The fraction of sp³-hybridized carbons (Fsp3) is 0.143. The van der Waals surface area contributed by atoms with Crippen molar-refractivity contribution in [1.29, 1.82) is 0 Å². The highest BCUT2D eigenvalue weighted by molar-refractivity contribution is 7.99.